The molecule has 0 spiro atoms. The van der Waals surface area contributed by atoms with Crippen LogP contribution in [-0.4, -0.2) is 19.5 Å². The van der Waals surface area contributed by atoms with Crippen molar-refractivity contribution in [1.82, 2.24) is 19.5 Å². The van der Waals surface area contributed by atoms with Crippen LogP contribution in [0.3, 0.4) is 0 Å². The van der Waals surface area contributed by atoms with Crippen LogP contribution in [0.1, 0.15) is 0 Å². The zero-order chi connectivity index (χ0) is 47.8. The maximum Gasteiger partial charge on any atom is 0.238 e. The van der Waals surface area contributed by atoms with E-state index in [1.165, 1.54) is 16.3 Å². The van der Waals surface area contributed by atoms with Crippen molar-refractivity contribution >= 4 is 49.6 Å². The van der Waals surface area contributed by atoms with Gasteiger partial charge in [0.25, 0.3) is 0 Å². The number of nitrogens with zero attached hydrogens (tertiary/aromatic N) is 5. The summed E-state index contributed by atoms with van der Waals surface area (Å²) < 4.78 is 2.24. The Hall–Kier alpha value is -9.71. The van der Waals surface area contributed by atoms with Gasteiger partial charge in [-0.25, -0.2) is 4.98 Å². The lowest BCUT2D eigenvalue weighted by atomic mass is 10.0. The van der Waals surface area contributed by atoms with Gasteiger partial charge in [0, 0.05) is 38.8 Å². The average Bonchev–Trinajstić information content (AvgIpc) is 3.79. The number of rotatable bonds is 10. The zero-order valence-electron chi connectivity index (χ0n) is 39.2. The lowest BCUT2D eigenvalue weighted by Gasteiger charge is -2.28. The highest BCUT2D eigenvalue weighted by Gasteiger charge is 2.23. The summed E-state index contributed by atoms with van der Waals surface area (Å²) >= 11 is 0. The molecule has 338 valence electrons. The number of benzene rings is 11. The van der Waals surface area contributed by atoms with E-state index in [1.807, 2.05) is 18.2 Å². The molecule has 0 atom stereocenters. The third-order valence-corrected chi connectivity index (χ3v) is 13.7. The lowest BCUT2D eigenvalue weighted by molar-refractivity contribution is 0.953. The molecule has 0 aliphatic carbocycles. The van der Waals surface area contributed by atoms with Gasteiger partial charge in [-0.3, -0.25) is 4.57 Å². The third kappa shape index (κ3) is 7.95. The Bertz CT molecular complexity index is 4060. The van der Waals surface area contributed by atoms with Crippen LogP contribution in [0.4, 0.5) is 17.1 Å². The summed E-state index contributed by atoms with van der Waals surface area (Å²) in [5.41, 5.74) is 16.0. The number of fused-ring (bicyclic) bond motifs is 4. The predicted molar refractivity (Wildman–Crippen MR) is 299 cm³/mol. The Labute approximate surface area is 418 Å². The summed E-state index contributed by atoms with van der Waals surface area (Å²) in [5.74, 6) is 1.71. The molecule has 0 saturated heterocycles. The van der Waals surface area contributed by atoms with Crippen LogP contribution < -0.4 is 4.90 Å². The molecule has 13 rings (SSSR count). The van der Waals surface area contributed by atoms with Crippen LogP contribution in [0.5, 0.6) is 0 Å². The molecule has 0 aliphatic rings. The number of aromatic nitrogens is 4. The van der Waals surface area contributed by atoms with Crippen molar-refractivity contribution < 1.29 is 0 Å². The highest BCUT2D eigenvalue weighted by atomic mass is 15.2. The summed E-state index contributed by atoms with van der Waals surface area (Å²) in [6, 6.07) is 96.7. The monoisotopic (exact) mass is 919 g/mol. The molecule has 13 aromatic rings. The highest BCUT2D eigenvalue weighted by molar-refractivity contribution is 6.11. The molecule has 11 aromatic carbocycles. The van der Waals surface area contributed by atoms with Gasteiger partial charge < -0.3 is 4.90 Å². The fourth-order valence-electron chi connectivity index (χ4n) is 10.1. The third-order valence-electron chi connectivity index (χ3n) is 13.7. The first-order valence-corrected chi connectivity index (χ1v) is 24.3. The minimum absolute atomic E-state index is 0.531. The first-order valence-electron chi connectivity index (χ1n) is 24.3. The summed E-state index contributed by atoms with van der Waals surface area (Å²) in [7, 11) is 0. The topological polar surface area (TPSA) is 46.8 Å². The van der Waals surface area contributed by atoms with E-state index < -0.39 is 0 Å². The summed E-state index contributed by atoms with van der Waals surface area (Å²) in [6.07, 6.45) is 0. The average molecular weight is 920 g/mol. The Balaban J connectivity index is 1.03. The van der Waals surface area contributed by atoms with E-state index in [9.17, 15) is 0 Å². The van der Waals surface area contributed by atoms with Gasteiger partial charge in [-0.2, -0.15) is 9.97 Å². The molecule has 0 aliphatic heterocycles. The Morgan fingerprint density at radius 2 is 0.708 bits per heavy atom. The van der Waals surface area contributed by atoms with E-state index in [2.05, 4.69) is 264 Å². The number of hydrogen-bond donors (Lipinski definition) is 0. The zero-order valence-corrected chi connectivity index (χ0v) is 39.2. The normalized spacial score (nSPS) is 11.3. The van der Waals surface area contributed by atoms with Crippen molar-refractivity contribution in [1.29, 1.82) is 0 Å². The molecule has 2 heterocycles. The van der Waals surface area contributed by atoms with Gasteiger partial charge in [-0.05, 0) is 92.2 Å². The Morgan fingerprint density at radius 3 is 1.39 bits per heavy atom. The maximum absolute atomic E-state index is 5.43. The highest BCUT2D eigenvalue weighted by Crippen LogP contribution is 2.44. The molecule has 5 nitrogen and oxygen atoms in total. The van der Waals surface area contributed by atoms with E-state index in [1.54, 1.807) is 0 Å². The molecule has 0 saturated carbocycles. The molecule has 2 aromatic heterocycles. The fraction of sp³-hybridized carbons (Fsp3) is 0. The van der Waals surface area contributed by atoms with Gasteiger partial charge >= 0.3 is 0 Å². The van der Waals surface area contributed by atoms with Crippen LogP contribution in [0.2, 0.25) is 0 Å². The Morgan fingerprint density at radius 1 is 0.278 bits per heavy atom. The molecule has 0 unspecified atom stereocenters. The molecular weight excluding hydrogens is 875 g/mol. The molecule has 0 radical (unpaired) electrons. The summed E-state index contributed by atoms with van der Waals surface area (Å²) in [6.45, 7) is 0. The molecular formula is C67H45N5. The van der Waals surface area contributed by atoms with Crippen molar-refractivity contribution in [3.8, 4) is 73.2 Å². The number of anilines is 3. The van der Waals surface area contributed by atoms with Gasteiger partial charge in [-0.1, -0.05) is 231 Å². The van der Waals surface area contributed by atoms with Crippen LogP contribution in [0.15, 0.2) is 273 Å². The molecule has 0 fully saturated rings. The second-order valence-corrected chi connectivity index (χ2v) is 18.1. The molecule has 72 heavy (non-hydrogen) atoms. The summed E-state index contributed by atoms with van der Waals surface area (Å²) in [5, 5.41) is 4.62. The molecule has 0 N–H and O–H groups in total. The summed E-state index contributed by atoms with van der Waals surface area (Å²) in [4.78, 5) is 18.4. The fourth-order valence-corrected chi connectivity index (χ4v) is 10.1. The van der Waals surface area contributed by atoms with E-state index in [-0.39, 0.29) is 0 Å². The van der Waals surface area contributed by atoms with E-state index in [0.29, 0.717) is 17.6 Å². The van der Waals surface area contributed by atoms with Crippen LogP contribution in [0.25, 0.3) is 106 Å². The first kappa shape index (κ1) is 42.4. The quantitative estimate of drug-likeness (QED) is 0.137. The van der Waals surface area contributed by atoms with Gasteiger partial charge in [0.15, 0.2) is 11.6 Å². The lowest BCUT2D eigenvalue weighted by Crippen LogP contribution is -2.11. The SMILES string of the molecule is c1ccc(-c2ccc(N(c3ccc4c5ccc(-c6ccccc6)cc5n(-c5nc(-c6ccccc6)nc(-c6ccc(-c7ccc8ccccc8c7)cc6)n5)c4c3)c3ccccc3-c3ccccc3)cc2)cc1. The second-order valence-electron chi connectivity index (χ2n) is 18.1. The predicted octanol–water partition coefficient (Wildman–Crippen LogP) is 17.6. The van der Waals surface area contributed by atoms with Crippen LogP contribution in [0, 0.1) is 0 Å². The largest absolute Gasteiger partial charge is 0.310 e. The van der Waals surface area contributed by atoms with Crippen molar-refractivity contribution in [3.63, 3.8) is 0 Å². The van der Waals surface area contributed by atoms with Crippen LogP contribution in [-0.2, 0) is 0 Å². The van der Waals surface area contributed by atoms with Gasteiger partial charge in [-0.15, -0.1) is 0 Å². The van der Waals surface area contributed by atoms with Crippen molar-refractivity contribution in [3.05, 3.63) is 273 Å². The smallest absolute Gasteiger partial charge is 0.238 e. The number of hydrogen-bond acceptors (Lipinski definition) is 4. The molecule has 0 bridgehead atoms. The van der Waals surface area contributed by atoms with Gasteiger partial charge in [0.05, 0.1) is 16.7 Å². The van der Waals surface area contributed by atoms with Gasteiger partial charge in [0.1, 0.15) is 0 Å². The van der Waals surface area contributed by atoms with Crippen molar-refractivity contribution in [2.45, 2.75) is 0 Å². The molecule has 5 heteroatoms. The first-order chi connectivity index (χ1) is 35.7. The minimum Gasteiger partial charge on any atom is -0.310 e. The van der Waals surface area contributed by atoms with Crippen LogP contribution >= 0.6 is 0 Å². The van der Waals surface area contributed by atoms with E-state index in [0.717, 1.165) is 88.9 Å². The minimum atomic E-state index is 0.531. The van der Waals surface area contributed by atoms with Crippen molar-refractivity contribution in [2.75, 3.05) is 4.90 Å². The van der Waals surface area contributed by atoms with Crippen molar-refractivity contribution in [2.24, 2.45) is 0 Å². The van der Waals surface area contributed by atoms with Gasteiger partial charge in [0.2, 0.25) is 5.95 Å². The Kier molecular flexibility index (Phi) is 10.8. The second kappa shape index (κ2) is 18.3. The molecule has 0 amide bonds. The van der Waals surface area contributed by atoms with E-state index in [4.69, 9.17) is 15.0 Å². The van der Waals surface area contributed by atoms with E-state index >= 15 is 0 Å². The standard InChI is InChI=1S/C67H45N5/c1-5-17-46(18-6-1)49-35-38-57(39-36-49)71(62-28-16-15-27-59(62)51-22-9-3-10-23-51)58-40-42-61-60-41-37-56(47-19-7-2-8-20-47)44-63(60)72(64(61)45-58)67-69-65(52-24-11-4-12-25-52)68-66(70-67)53-32-29-50(30-33-53)55-34-31-48-21-13-14-26-54(48)43-55/h1-45H. The number of para-hydroxylation sites is 1. The maximum atomic E-state index is 5.43.